The van der Waals surface area contributed by atoms with E-state index in [2.05, 4.69) is 52.2 Å². The molecule has 21 heavy (non-hydrogen) atoms. The molecule has 0 aromatic carbocycles. The van der Waals surface area contributed by atoms with E-state index in [1.807, 2.05) is 0 Å². The summed E-state index contributed by atoms with van der Waals surface area (Å²) >= 11 is 0. The Labute approximate surface area is 148 Å². The highest BCUT2D eigenvalue weighted by atomic mass is 127. The van der Waals surface area contributed by atoms with E-state index in [1.165, 1.54) is 0 Å². The van der Waals surface area contributed by atoms with E-state index in [0.717, 1.165) is 38.3 Å². The van der Waals surface area contributed by atoms with E-state index >= 15 is 0 Å². The van der Waals surface area contributed by atoms with Crippen LogP contribution in [0, 0.1) is 11.3 Å². The molecule has 0 aliphatic heterocycles. The van der Waals surface area contributed by atoms with Crippen LogP contribution in [-0.2, 0) is 0 Å². The minimum Gasteiger partial charge on any atom is -0.396 e. The molecule has 0 aromatic rings. The van der Waals surface area contributed by atoms with Gasteiger partial charge < -0.3 is 15.7 Å². The lowest BCUT2D eigenvalue weighted by atomic mass is 9.79. The van der Waals surface area contributed by atoms with Crippen molar-refractivity contribution in [1.82, 2.24) is 10.6 Å². The molecule has 0 aromatic heterocycles. The van der Waals surface area contributed by atoms with Gasteiger partial charge in [-0.05, 0) is 44.4 Å². The molecule has 1 atom stereocenters. The zero-order valence-electron chi connectivity index (χ0n) is 14.7. The molecule has 0 saturated carbocycles. The van der Waals surface area contributed by atoms with Crippen molar-refractivity contribution in [2.45, 2.75) is 66.8 Å². The van der Waals surface area contributed by atoms with Gasteiger partial charge in [0.15, 0.2) is 5.96 Å². The van der Waals surface area contributed by atoms with Gasteiger partial charge in [0, 0.05) is 25.7 Å². The number of rotatable bonds is 9. The maximum absolute atomic E-state index is 9.27. The number of nitrogens with one attached hydrogen (secondary N) is 2. The standard InChI is InChI=1S/C16H35N3O.HI/c1-7-16(8-2,10-11-20)12-18-15(17-9-3)19-14(6)13(4)5;/h13-14,20H,7-12H2,1-6H3,(H2,17,18,19);1H. The van der Waals surface area contributed by atoms with Crippen LogP contribution in [0.3, 0.4) is 0 Å². The molecular formula is C16H36IN3O. The van der Waals surface area contributed by atoms with Gasteiger partial charge in [-0.15, -0.1) is 24.0 Å². The van der Waals surface area contributed by atoms with Gasteiger partial charge in [0.25, 0.3) is 0 Å². The van der Waals surface area contributed by atoms with Crippen molar-refractivity contribution < 1.29 is 5.11 Å². The minimum absolute atomic E-state index is 0. The first-order valence-electron chi connectivity index (χ1n) is 8.10. The van der Waals surface area contributed by atoms with Crippen molar-refractivity contribution in [2.24, 2.45) is 16.3 Å². The Morgan fingerprint density at radius 2 is 1.71 bits per heavy atom. The maximum Gasteiger partial charge on any atom is 0.191 e. The lowest BCUT2D eigenvalue weighted by molar-refractivity contribution is 0.175. The number of aliphatic imine (C=N–C) groups is 1. The molecule has 0 aliphatic carbocycles. The average molecular weight is 413 g/mol. The SMILES string of the molecule is CCNC(=NCC(CC)(CC)CCO)NC(C)C(C)C.I. The summed E-state index contributed by atoms with van der Waals surface area (Å²) in [5, 5.41) is 16.0. The predicted octanol–water partition coefficient (Wildman–Crippen LogP) is 3.39. The lowest BCUT2D eigenvalue weighted by Crippen LogP contribution is -2.44. The van der Waals surface area contributed by atoms with Crippen LogP contribution < -0.4 is 10.6 Å². The van der Waals surface area contributed by atoms with Crippen molar-refractivity contribution in [3.8, 4) is 0 Å². The number of aliphatic hydroxyl groups is 1. The Kier molecular flexibility index (Phi) is 13.8. The van der Waals surface area contributed by atoms with Crippen molar-refractivity contribution in [3.63, 3.8) is 0 Å². The van der Waals surface area contributed by atoms with Crippen LogP contribution in [0.1, 0.15) is 60.8 Å². The molecule has 0 amide bonds. The zero-order valence-corrected chi connectivity index (χ0v) is 17.0. The molecule has 0 aliphatic rings. The zero-order chi connectivity index (χ0) is 15.6. The fraction of sp³-hybridized carbons (Fsp3) is 0.938. The summed E-state index contributed by atoms with van der Waals surface area (Å²) in [6, 6.07) is 0.392. The van der Waals surface area contributed by atoms with Crippen LogP contribution in [-0.4, -0.2) is 36.8 Å². The van der Waals surface area contributed by atoms with Crippen molar-refractivity contribution in [2.75, 3.05) is 19.7 Å². The third kappa shape index (κ3) is 8.86. The molecule has 0 heterocycles. The Balaban J connectivity index is 0. The highest BCUT2D eigenvalue weighted by Gasteiger charge is 2.25. The van der Waals surface area contributed by atoms with E-state index < -0.39 is 0 Å². The molecule has 0 radical (unpaired) electrons. The van der Waals surface area contributed by atoms with Crippen LogP contribution in [0.2, 0.25) is 0 Å². The molecule has 128 valence electrons. The number of hydrogen-bond acceptors (Lipinski definition) is 2. The Morgan fingerprint density at radius 1 is 1.14 bits per heavy atom. The molecule has 3 N–H and O–H groups in total. The average Bonchev–Trinajstić information content (AvgIpc) is 2.43. The smallest absolute Gasteiger partial charge is 0.191 e. The molecule has 0 fully saturated rings. The molecule has 4 nitrogen and oxygen atoms in total. The van der Waals surface area contributed by atoms with Crippen LogP contribution in [0.5, 0.6) is 0 Å². The number of aliphatic hydroxyl groups excluding tert-OH is 1. The summed E-state index contributed by atoms with van der Waals surface area (Å²) in [7, 11) is 0. The lowest BCUT2D eigenvalue weighted by Gasteiger charge is -2.30. The summed E-state index contributed by atoms with van der Waals surface area (Å²) in [6.07, 6.45) is 2.92. The van der Waals surface area contributed by atoms with E-state index in [-0.39, 0.29) is 36.0 Å². The van der Waals surface area contributed by atoms with Gasteiger partial charge in [-0.1, -0.05) is 27.7 Å². The van der Waals surface area contributed by atoms with Crippen molar-refractivity contribution in [3.05, 3.63) is 0 Å². The van der Waals surface area contributed by atoms with Gasteiger partial charge in [0.2, 0.25) is 0 Å². The minimum atomic E-state index is 0. The number of nitrogens with zero attached hydrogens (tertiary/aromatic N) is 1. The van der Waals surface area contributed by atoms with Gasteiger partial charge >= 0.3 is 0 Å². The predicted molar refractivity (Wildman–Crippen MR) is 104 cm³/mol. The van der Waals surface area contributed by atoms with Gasteiger partial charge in [-0.25, -0.2) is 0 Å². The quantitative estimate of drug-likeness (QED) is 0.309. The first kappa shape index (κ1) is 23.2. The van der Waals surface area contributed by atoms with Gasteiger partial charge in [0.05, 0.1) is 0 Å². The number of guanidine groups is 1. The third-order valence-electron chi connectivity index (χ3n) is 4.42. The van der Waals surface area contributed by atoms with Gasteiger partial charge in [-0.3, -0.25) is 4.99 Å². The molecule has 0 spiro atoms. The Morgan fingerprint density at radius 3 is 2.10 bits per heavy atom. The topological polar surface area (TPSA) is 56.7 Å². The highest BCUT2D eigenvalue weighted by molar-refractivity contribution is 14.0. The molecule has 0 rings (SSSR count). The van der Waals surface area contributed by atoms with E-state index in [0.29, 0.717) is 12.0 Å². The van der Waals surface area contributed by atoms with E-state index in [1.54, 1.807) is 0 Å². The monoisotopic (exact) mass is 413 g/mol. The summed E-state index contributed by atoms with van der Waals surface area (Å²) in [5.41, 5.74) is 0.123. The largest absolute Gasteiger partial charge is 0.396 e. The Hall–Kier alpha value is -0.0400. The maximum atomic E-state index is 9.27. The second kappa shape index (κ2) is 12.5. The molecule has 1 unspecified atom stereocenters. The second-order valence-electron chi connectivity index (χ2n) is 6.05. The van der Waals surface area contributed by atoms with Gasteiger partial charge in [-0.2, -0.15) is 0 Å². The van der Waals surface area contributed by atoms with Crippen molar-refractivity contribution >= 4 is 29.9 Å². The van der Waals surface area contributed by atoms with Crippen LogP contribution in [0.15, 0.2) is 4.99 Å². The number of halogens is 1. The highest BCUT2D eigenvalue weighted by Crippen LogP contribution is 2.30. The van der Waals surface area contributed by atoms with Crippen molar-refractivity contribution in [1.29, 1.82) is 0 Å². The molecular weight excluding hydrogens is 377 g/mol. The summed E-state index contributed by atoms with van der Waals surface area (Å²) in [4.78, 5) is 4.75. The second-order valence-corrected chi connectivity index (χ2v) is 6.05. The van der Waals surface area contributed by atoms with E-state index in [4.69, 9.17) is 4.99 Å². The summed E-state index contributed by atoms with van der Waals surface area (Å²) in [5.74, 6) is 1.45. The summed E-state index contributed by atoms with van der Waals surface area (Å²) in [6.45, 7) is 14.9. The van der Waals surface area contributed by atoms with Crippen LogP contribution >= 0.6 is 24.0 Å². The molecule has 5 heteroatoms. The fourth-order valence-corrected chi connectivity index (χ4v) is 2.09. The van der Waals surface area contributed by atoms with Crippen LogP contribution in [0.4, 0.5) is 0 Å². The number of hydrogen-bond donors (Lipinski definition) is 3. The molecule has 0 bridgehead atoms. The molecule has 0 saturated heterocycles. The first-order valence-corrected chi connectivity index (χ1v) is 8.10. The normalized spacial score (nSPS) is 13.8. The fourth-order valence-electron chi connectivity index (χ4n) is 2.09. The third-order valence-corrected chi connectivity index (χ3v) is 4.42. The van der Waals surface area contributed by atoms with Crippen LogP contribution in [0.25, 0.3) is 0 Å². The first-order chi connectivity index (χ1) is 9.44. The Bertz CT molecular complexity index is 279. The summed E-state index contributed by atoms with van der Waals surface area (Å²) < 4.78 is 0. The van der Waals surface area contributed by atoms with E-state index in [9.17, 15) is 5.11 Å². The van der Waals surface area contributed by atoms with Gasteiger partial charge in [0.1, 0.15) is 0 Å².